The molecule has 7 rings (SSSR count). The molecule has 1 aliphatic heterocycles. The summed E-state index contributed by atoms with van der Waals surface area (Å²) in [7, 11) is 0. The number of pyridine rings is 1. The molecule has 1 saturated heterocycles. The number of esters is 1. The zero-order valence-corrected chi connectivity index (χ0v) is 33.3. The fourth-order valence-corrected chi connectivity index (χ4v) is 8.33. The molecule has 2 atom stereocenters. The molecule has 2 unspecified atom stereocenters. The fourth-order valence-electron chi connectivity index (χ4n) is 8.33. The van der Waals surface area contributed by atoms with Crippen LogP contribution in [-0.2, 0) is 28.0 Å². The quantitative estimate of drug-likeness (QED) is 0.0441. The molecule has 2 aliphatic rings. The van der Waals surface area contributed by atoms with Crippen molar-refractivity contribution in [3.8, 4) is 17.2 Å². The molecule has 310 valence electrons. The van der Waals surface area contributed by atoms with E-state index in [1.807, 2.05) is 42.5 Å². The van der Waals surface area contributed by atoms with Crippen LogP contribution in [0.3, 0.4) is 0 Å². The number of aliphatic hydroxyl groups is 1. The van der Waals surface area contributed by atoms with Crippen molar-refractivity contribution in [2.75, 3.05) is 39.4 Å². The number of piperidine rings is 1. The molecule has 12 nitrogen and oxygen atoms in total. The van der Waals surface area contributed by atoms with Gasteiger partial charge >= 0.3 is 5.97 Å². The Labute approximate surface area is 344 Å². The zero-order valence-electron chi connectivity index (χ0n) is 33.3. The van der Waals surface area contributed by atoms with E-state index in [1.165, 1.54) is 12.1 Å². The number of carbonyl (C=O) groups is 2. The van der Waals surface area contributed by atoms with Crippen molar-refractivity contribution >= 4 is 22.8 Å². The predicted molar refractivity (Wildman–Crippen MR) is 225 cm³/mol. The van der Waals surface area contributed by atoms with Gasteiger partial charge in [-0.15, -0.1) is 0 Å². The van der Waals surface area contributed by atoms with Crippen LogP contribution in [0.15, 0.2) is 102 Å². The van der Waals surface area contributed by atoms with Crippen molar-refractivity contribution < 1.29 is 34.4 Å². The Bertz CT molecular complexity index is 2290. The van der Waals surface area contributed by atoms with E-state index in [9.17, 15) is 29.7 Å². The van der Waals surface area contributed by atoms with Gasteiger partial charge in [0, 0.05) is 30.1 Å². The number of benzene rings is 4. The lowest BCUT2D eigenvalue weighted by atomic mass is 9.90. The number of unbranched alkanes of at least 4 members (excludes halogenated alkanes) is 3. The summed E-state index contributed by atoms with van der Waals surface area (Å²) in [5.74, 6) is 0.242. The van der Waals surface area contributed by atoms with Gasteiger partial charge in [0.2, 0.25) is 5.56 Å². The zero-order chi connectivity index (χ0) is 41.2. The van der Waals surface area contributed by atoms with Gasteiger partial charge in [0.15, 0.2) is 5.54 Å². The molecule has 12 heteroatoms. The number of phenols is 2. The number of likely N-dealkylation sites (tertiary alicyclic amines) is 1. The maximum absolute atomic E-state index is 14.1. The predicted octanol–water partition coefficient (Wildman–Crippen LogP) is 6.23. The van der Waals surface area contributed by atoms with Gasteiger partial charge in [0.05, 0.1) is 24.8 Å². The van der Waals surface area contributed by atoms with Crippen molar-refractivity contribution in [2.45, 2.75) is 69.6 Å². The van der Waals surface area contributed by atoms with Crippen molar-refractivity contribution in [1.82, 2.24) is 20.5 Å². The van der Waals surface area contributed by atoms with E-state index < -0.39 is 17.6 Å². The summed E-state index contributed by atoms with van der Waals surface area (Å²) in [5, 5.41) is 37.7. The first-order chi connectivity index (χ1) is 28.7. The Balaban J connectivity index is 0.847. The molecular formula is C47H54N4O8. The van der Waals surface area contributed by atoms with Gasteiger partial charge in [0.25, 0.3) is 5.91 Å². The summed E-state index contributed by atoms with van der Waals surface area (Å²) in [6, 6.07) is 28.3. The van der Waals surface area contributed by atoms with E-state index in [-0.39, 0.29) is 28.9 Å². The summed E-state index contributed by atoms with van der Waals surface area (Å²) >= 11 is 0. The van der Waals surface area contributed by atoms with Crippen LogP contribution in [0, 0.1) is 5.92 Å². The van der Waals surface area contributed by atoms with E-state index in [1.54, 1.807) is 42.5 Å². The van der Waals surface area contributed by atoms with E-state index in [0.717, 1.165) is 81.4 Å². The number of nitrogens with zero attached hydrogens (tertiary/aromatic N) is 1. The molecule has 59 heavy (non-hydrogen) atoms. The number of phenolic OH excluding ortho intramolecular Hbond substituents is 2. The minimum Gasteiger partial charge on any atom is -0.508 e. The third kappa shape index (κ3) is 10.3. The fraction of sp³-hybridized carbons (Fsp3) is 0.383. The van der Waals surface area contributed by atoms with Crippen molar-refractivity contribution in [1.29, 1.82) is 0 Å². The first-order valence-corrected chi connectivity index (χ1v) is 20.7. The minimum atomic E-state index is -1.28. The maximum atomic E-state index is 14.1. The first kappa shape index (κ1) is 41.5. The topological polar surface area (TPSA) is 173 Å². The number of hydrogen-bond acceptors (Lipinski definition) is 10. The Morgan fingerprint density at radius 2 is 1.71 bits per heavy atom. The lowest BCUT2D eigenvalue weighted by molar-refractivity contribution is -0.153. The van der Waals surface area contributed by atoms with Crippen molar-refractivity contribution in [3.05, 3.63) is 135 Å². The Morgan fingerprint density at radius 3 is 2.56 bits per heavy atom. The smallest absolute Gasteiger partial charge is 0.336 e. The number of hydrogen-bond donors (Lipinski definition) is 6. The second kappa shape index (κ2) is 19.4. The van der Waals surface area contributed by atoms with Crippen LogP contribution in [0.2, 0.25) is 0 Å². The van der Waals surface area contributed by atoms with Crippen LogP contribution < -0.4 is 20.9 Å². The monoisotopic (exact) mass is 802 g/mol. The normalized spacial score (nSPS) is 17.4. The number of H-pyrrole nitrogens is 1. The SMILES string of the molecule is O=C(NC1(C(=O)OCC2CCN(Cc3cccc(O)c3)CC2)CCc2ccccc21)c1cccc(OCCCCCCNCC(O)c2ccc(O)c3[nH]c(=O)ccc23)c1. The number of aromatic amines is 1. The van der Waals surface area contributed by atoms with Gasteiger partial charge in [-0.05, 0) is 129 Å². The van der Waals surface area contributed by atoms with Crippen LogP contribution in [0.4, 0.5) is 0 Å². The van der Waals surface area contributed by atoms with E-state index >= 15 is 0 Å². The van der Waals surface area contributed by atoms with Gasteiger partial charge in [-0.3, -0.25) is 14.5 Å². The Kier molecular flexibility index (Phi) is 13.6. The van der Waals surface area contributed by atoms with Crippen LogP contribution in [0.25, 0.3) is 10.9 Å². The lowest BCUT2D eigenvalue weighted by Gasteiger charge is -2.33. The largest absolute Gasteiger partial charge is 0.508 e. The molecule has 4 aromatic carbocycles. The van der Waals surface area contributed by atoms with Crippen molar-refractivity contribution in [3.63, 3.8) is 0 Å². The average Bonchev–Trinajstić information content (AvgIpc) is 3.62. The van der Waals surface area contributed by atoms with Gasteiger partial charge in [-0.2, -0.15) is 0 Å². The lowest BCUT2D eigenvalue weighted by Crippen LogP contribution is -2.51. The van der Waals surface area contributed by atoms with E-state index in [2.05, 4.69) is 20.5 Å². The maximum Gasteiger partial charge on any atom is 0.336 e. The highest BCUT2D eigenvalue weighted by Gasteiger charge is 2.48. The second-order valence-corrected chi connectivity index (χ2v) is 15.8. The Hall–Kier alpha value is -5.69. The number of ether oxygens (including phenoxy) is 2. The second-order valence-electron chi connectivity index (χ2n) is 15.8. The number of rotatable bonds is 18. The average molecular weight is 803 g/mol. The number of aromatic hydroxyl groups is 2. The number of carbonyl (C=O) groups excluding carboxylic acids is 2. The summed E-state index contributed by atoms with van der Waals surface area (Å²) in [5.41, 5.74) is 2.63. The molecular weight excluding hydrogens is 749 g/mol. The number of aromatic nitrogens is 1. The number of fused-ring (bicyclic) bond motifs is 2. The van der Waals surface area contributed by atoms with Gasteiger partial charge in [0.1, 0.15) is 17.2 Å². The van der Waals surface area contributed by atoms with Crippen LogP contribution >= 0.6 is 0 Å². The molecule has 0 bridgehead atoms. The molecule has 0 saturated carbocycles. The van der Waals surface area contributed by atoms with Crippen LogP contribution in [0.5, 0.6) is 17.2 Å². The summed E-state index contributed by atoms with van der Waals surface area (Å²) < 4.78 is 12.1. The number of nitrogens with one attached hydrogen (secondary N) is 3. The van der Waals surface area contributed by atoms with Gasteiger partial charge < -0.3 is 40.4 Å². The van der Waals surface area contributed by atoms with Crippen molar-refractivity contribution in [2.24, 2.45) is 5.92 Å². The molecule has 1 amide bonds. The number of aryl methyl sites for hydroxylation is 1. The summed E-state index contributed by atoms with van der Waals surface area (Å²) in [6.45, 7) is 4.36. The number of amides is 1. The molecule has 6 N–H and O–H groups in total. The molecule has 5 aromatic rings. The third-order valence-corrected chi connectivity index (χ3v) is 11.6. The first-order valence-electron chi connectivity index (χ1n) is 20.7. The highest BCUT2D eigenvalue weighted by atomic mass is 16.5. The van der Waals surface area contributed by atoms with Gasteiger partial charge in [-0.1, -0.05) is 61.4 Å². The molecule has 0 spiro atoms. The van der Waals surface area contributed by atoms with E-state index in [0.29, 0.717) is 60.4 Å². The number of aliphatic hydroxyl groups excluding tert-OH is 1. The molecule has 1 fully saturated rings. The summed E-state index contributed by atoms with van der Waals surface area (Å²) in [6.07, 6.45) is 5.73. The minimum absolute atomic E-state index is 0.0375. The Morgan fingerprint density at radius 1 is 0.898 bits per heavy atom. The highest BCUT2D eigenvalue weighted by Crippen LogP contribution is 2.39. The highest BCUT2D eigenvalue weighted by molar-refractivity contribution is 5.99. The third-order valence-electron chi connectivity index (χ3n) is 11.6. The molecule has 0 radical (unpaired) electrons. The molecule has 1 aromatic heterocycles. The summed E-state index contributed by atoms with van der Waals surface area (Å²) in [4.78, 5) is 44.6. The van der Waals surface area contributed by atoms with Gasteiger partial charge in [-0.25, -0.2) is 4.79 Å². The molecule has 1 aliphatic carbocycles. The molecule has 2 heterocycles. The van der Waals surface area contributed by atoms with Crippen LogP contribution in [-0.4, -0.2) is 76.5 Å². The van der Waals surface area contributed by atoms with E-state index in [4.69, 9.17) is 9.47 Å². The van der Waals surface area contributed by atoms with Crippen LogP contribution in [0.1, 0.15) is 83.7 Å². The standard InChI is InChI=1S/C47H54N4O8/c52-36-12-7-9-33(27-36)30-51-24-20-32(21-25-51)31-59-46(57)47(22-19-34-10-3-4-14-40(34)47)50-45(56)35-11-8-13-37(28-35)58-26-6-2-1-5-23-48-29-42(54)38-15-17-41(53)44-39(38)16-18-43(55)49-44/h3-4,7-18,27-28,32,42,48,52-54H,1-2,5-6,19-26,29-31H2,(H,49,55)(H,50,56).